The third-order valence-electron chi connectivity index (χ3n) is 4.86. The molecular weight excluding hydrogens is 352 g/mol. The number of fused-ring (bicyclic) bond motifs is 1. The van der Waals surface area contributed by atoms with Crippen molar-refractivity contribution in [3.8, 4) is 0 Å². The van der Waals surface area contributed by atoms with Crippen LogP contribution in [0, 0.1) is 6.92 Å². The van der Waals surface area contributed by atoms with Gasteiger partial charge in [0.05, 0.1) is 16.9 Å². The number of sulfonamides is 1. The fraction of sp³-hybridized carbons (Fsp3) is 0.474. The molecule has 1 aliphatic heterocycles. The number of nitrogens with zero attached hydrogens (tertiary/aromatic N) is 1. The molecule has 0 atom stereocenters. The van der Waals surface area contributed by atoms with Crippen LogP contribution in [-0.2, 0) is 10.0 Å². The molecule has 7 heteroatoms. The Labute approximate surface area is 154 Å². The highest BCUT2D eigenvalue weighted by Gasteiger charge is 2.35. The number of rotatable bonds is 7. The molecular formula is C19H24N2O4S. The van der Waals surface area contributed by atoms with Crippen molar-refractivity contribution in [2.75, 3.05) is 18.8 Å². The van der Waals surface area contributed by atoms with Crippen molar-refractivity contribution in [1.82, 2.24) is 9.62 Å². The Balaban J connectivity index is 1.54. The van der Waals surface area contributed by atoms with Gasteiger partial charge in [0, 0.05) is 13.1 Å². The number of amides is 2. The lowest BCUT2D eigenvalue weighted by Crippen LogP contribution is -2.38. The smallest absolute Gasteiger partial charge is 0.261 e. The molecule has 1 heterocycles. The van der Waals surface area contributed by atoms with Gasteiger partial charge in [0.1, 0.15) is 0 Å². The van der Waals surface area contributed by atoms with E-state index in [1.54, 1.807) is 18.2 Å². The molecule has 0 unspecified atom stereocenters. The molecule has 1 N–H and O–H groups in total. The lowest BCUT2D eigenvalue weighted by atomic mass is 9.97. The number of nitrogens with one attached hydrogen (secondary N) is 1. The summed E-state index contributed by atoms with van der Waals surface area (Å²) in [4.78, 5) is 25.7. The summed E-state index contributed by atoms with van der Waals surface area (Å²) in [5.41, 5.74) is 2.88. The normalized spacial score (nSPS) is 17.4. The van der Waals surface area contributed by atoms with E-state index in [-0.39, 0.29) is 12.3 Å². The van der Waals surface area contributed by atoms with E-state index < -0.39 is 21.8 Å². The van der Waals surface area contributed by atoms with Crippen molar-refractivity contribution in [2.45, 2.75) is 39.0 Å². The van der Waals surface area contributed by atoms with Crippen LogP contribution in [0.25, 0.3) is 0 Å². The highest BCUT2D eigenvalue weighted by Crippen LogP contribution is 2.24. The van der Waals surface area contributed by atoms with Gasteiger partial charge in [-0.3, -0.25) is 14.5 Å². The summed E-state index contributed by atoms with van der Waals surface area (Å²) in [5, 5.41) is 0. The number of allylic oxidation sites excluding steroid dienone is 1. The average molecular weight is 376 g/mol. The topological polar surface area (TPSA) is 83.6 Å². The first-order valence-electron chi connectivity index (χ1n) is 8.99. The maximum absolute atomic E-state index is 12.4. The Bertz CT molecular complexity index is 858. The van der Waals surface area contributed by atoms with Gasteiger partial charge in [0.25, 0.3) is 11.8 Å². The third kappa shape index (κ3) is 4.22. The molecule has 26 heavy (non-hydrogen) atoms. The molecule has 0 radical (unpaired) electrons. The molecule has 1 aliphatic carbocycles. The van der Waals surface area contributed by atoms with Gasteiger partial charge in [0.2, 0.25) is 10.0 Å². The second-order valence-corrected chi connectivity index (χ2v) is 8.81. The zero-order chi connectivity index (χ0) is 18.7. The van der Waals surface area contributed by atoms with Crippen molar-refractivity contribution < 1.29 is 18.0 Å². The standard InChI is InChI=1S/C19H24N2O4S/c1-14-7-8-16-17(13-14)19(23)21(18(16)22)11-12-26(24,25)20-10-9-15-5-3-2-4-6-15/h5,7-8,13,20H,2-4,6,9-12H2,1H3. The monoisotopic (exact) mass is 376 g/mol. The quantitative estimate of drug-likeness (QED) is 0.585. The minimum Gasteiger partial charge on any atom is -0.273 e. The second kappa shape index (κ2) is 7.72. The number of carbonyl (C=O) groups excluding carboxylic acids is 2. The summed E-state index contributed by atoms with van der Waals surface area (Å²) in [6, 6.07) is 5.06. The molecule has 6 nitrogen and oxygen atoms in total. The van der Waals surface area contributed by atoms with Crippen molar-refractivity contribution in [2.24, 2.45) is 0 Å². The van der Waals surface area contributed by atoms with Crippen LogP contribution < -0.4 is 4.72 Å². The molecule has 0 aromatic heterocycles. The average Bonchev–Trinajstić information content (AvgIpc) is 2.84. The minimum absolute atomic E-state index is 0.135. The summed E-state index contributed by atoms with van der Waals surface area (Å²) in [5.74, 6) is -1.12. The molecule has 2 aliphatic rings. The summed E-state index contributed by atoms with van der Waals surface area (Å²) in [6.07, 6.45) is 7.38. The molecule has 2 amide bonds. The number of hydrogen-bond acceptors (Lipinski definition) is 4. The molecule has 0 saturated carbocycles. The van der Waals surface area contributed by atoms with Gasteiger partial charge in [-0.15, -0.1) is 0 Å². The van der Waals surface area contributed by atoms with Crippen LogP contribution >= 0.6 is 0 Å². The van der Waals surface area contributed by atoms with E-state index in [1.165, 1.54) is 12.0 Å². The molecule has 0 saturated heterocycles. The minimum atomic E-state index is -3.54. The zero-order valence-electron chi connectivity index (χ0n) is 15.0. The first-order valence-corrected chi connectivity index (χ1v) is 10.6. The van der Waals surface area contributed by atoms with Gasteiger partial charge < -0.3 is 0 Å². The predicted molar refractivity (Wildman–Crippen MR) is 99.5 cm³/mol. The van der Waals surface area contributed by atoms with E-state index >= 15 is 0 Å². The Hall–Kier alpha value is -1.99. The van der Waals surface area contributed by atoms with Gasteiger partial charge in [-0.2, -0.15) is 0 Å². The summed E-state index contributed by atoms with van der Waals surface area (Å²) >= 11 is 0. The molecule has 3 rings (SSSR count). The Morgan fingerprint density at radius 3 is 2.62 bits per heavy atom. The summed E-state index contributed by atoms with van der Waals surface area (Å²) in [7, 11) is -3.54. The van der Waals surface area contributed by atoms with Crippen LogP contribution in [0.2, 0.25) is 0 Å². The number of imide groups is 1. The number of benzene rings is 1. The van der Waals surface area contributed by atoms with Gasteiger partial charge in [-0.1, -0.05) is 23.3 Å². The van der Waals surface area contributed by atoms with E-state index in [1.807, 2.05) is 6.92 Å². The van der Waals surface area contributed by atoms with Crippen LogP contribution in [0.5, 0.6) is 0 Å². The molecule has 1 aromatic carbocycles. The van der Waals surface area contributed by atoms with E-state index in [2.05, 4.69) is 10.8 Å². The maximum Gasteiger partial charge on any atom is 0.261 e. The fourth-order valence-electron chi connectivity index (χ4n) is 3.39. The van der Waals surface area contributed by atoms with Crippen LogP contribution in [-0.4, -0.2) is 44.0 Å². The molecule has 0 fully saturated rings. The first kappa shape index (κ1) is 18.8. The van der Waals surface area contributed by atoms with E-state index in [9.17, 15) is 18.0 Å². The lowest BCUT2D eigenvalue weighted by molar-refractivity contribution is 0.0664. The fourth-order valence-corrected chi connectivity index (χ4v) is 4.37. The van der Waals surface area contributed by atoms with Crippen molar-refractivity contribution in [3.05, 3.63) is 46.5 Å². The summed E-state index contributed by atoms with van der Waals surface area (Å²) < 4.78 is 27.0. The molecule has 0 bridgehead atoms. The van der Waals surface area contributed by atoms with E-state index in [0.717, 1.165) is 29.7 Å². The number of carbonyl (C=O) groups is 2. The largest absolute Gasteiger partial charge is 0.273 e. The predicted octanol–water partition coefficient (Wildman–Crippen LogP) is 2.40. The maximum atomic E-state index is 12.4. The Morgan fingerprint density at radius 2 is 1.88 bits per heavy atom. The van der Waals surface area contributed by atoms with Gasteiger partial charge in [0.15, 0.2) is 0 Å². The van der Waals surface area contributed by atoms with Crippen LogP contribution in [0.1, 0.15) is 58.4 Å². The van der Waals surface area contributed by atoms with Crippen molar-refractivity contribution >= 4 is 21.8 Å². The lowest BCUT2D eigenvalue weighted by Gasteiger charge is -2.15. The second-order valence-electron chi connectivity index (χ2n) is 6.88. The van der Waals surface area contributed by atoms with E-state index in [0.29, 0.717) is 24.1 Å². The third-order valence-corrected chi connectivity index (χ3v) is 6.23. The van der Waals surface area contributed by atoms with Crippen LogP contribution in [0.15, 0.2) is 29.8 Å². The molecule has 1 aromatic rings. The Morgan fingerprint density at radius 1 is 1.12 bits per heavy atom. The van der Waals surface area contributed by atoms with Crippen molar-refractivity contribution in [3.63, 3.8) is 0 Å². The van der Waals surface area contributed by atoms with E-state index in [4.69, 9.17) is 0 Å². The first-order chi connectivity index (χ1) is 12.4. The van der Waals surface area contributed by atoms with Gasteiger partial charge in [-0.05, 0) is 51.2 Å². The molecule has 0 spiro atoms. The van der Waals surface area contributed by atoms with Gasteiger partial charge in [-0.25, -0.2) is 13.1 Å². The molecule has 140 valence electrons. The van der Waals surface area contributed by atoms with Crippen molar-refractivity contribution in [1.29, 1.82) is 0 Å². The number of hydrogen-bond donors (Lipinski definition) is 1. The zero-order valence-corrected chi connectivity index (χ0v) is 15.8. The van der Waals surface area contributed by atoms with Crippen LogP contribution in [0.3, 0.4) is 0 Å². The van der Waals surface area contributed by atoms with Gasteiger partial charge >= 0.3 is 0 Å². The number of aryl methyl sites for hydroxylation is 1. The highest BCUT2D eigenvalue weighted by atomic mass is 32.2. The highest BCUT2D eigenvalue weighted by molar-refractivity contribution is 7.89. The Kier molecular flexibility index (Phi) is 5.58. The van der Waals surface area contributed by atoms with Crippen LogP contribution in [0.4, 0.5) is 0 Å². The SMILES string of the molecule is Cc1ccc2c(c1)C(=O)N(CCS(=O)(=O)NCCC1=CCCCC1)C2=O. The summed E-state index contributed by atoms with van der Waals surface area (Å²) in [6.45, 7) is 2.07.